The number of aliphatic carboxylic acids is 1. The molecule has 80 valence electrons. The molecule has 5 nitrogen and oxygen atoms in total. The van der Waals surface area contributed by atoms with Gasteiger partial charge in [0.05, 0.1) is 17.7 Å². The summed E-state index contributed by atoms with van der Waals surface area (Å²) < 4.78 is 0. The highest BCUT2D eigenvalue weighted by atomic mass is 16.4. The second kappa shape index (κ2) is 5.90. The lowest BCUT2D eigenvalue weighted by atomic mass is 9.92. The predicted octanol–water partition coefficient (Wildman–Crippen LogP) is -0.444. The van der Waals surface area contributed by atoms with Crippen LogP contribution in [0.4, 0.5) is 0 Å². The highest BCUT2D eigenvalue weighted by Crippen LogP contribution is 2.10. The summed E-state index contributed by atoms with van der Waals surface area (Å²) in [5.74, 6) is -0.833. The number of nitrogens with two attached hydrogens (primary N) is 1. The lowest BCUT2D eigenvalue weighted by molar-refractivity contribution is -0.134. The summed E-state index contributed by atoms with van der Waals surface area (Å²) in [5.41, 5.74) is 4.61. The molecule has 0 fully saturated rings. The first-order valence-corrected chi connectivity index (χ1v) is 3.96. The fourth-order valence-corrected chi connectivity index (χ4v) is 0.349. The molecule has 0 aliphatic heterocycles. The van der Waals surface area contributed by atoms with E-state index in [1.165, 1.54) is 0 Å². The van der Waals surface area contributed by atoms with Gasteiger partial charge in [0.2, 0.25) is 0 Å². The maximum Gasteiger partial charge on any atom is 0.300 e. The van der Waals surface area contributed by atoms with E-state index in [1.54, 1.807) is 20.8 Å². The monoisotopic (exact) mass is 193 g/mol. The second-order valence-electron chi connectivity index (χ2n) is 3.24. The summed E-state index contributed by atoms with van der Waals surface area (Å²) in [4.78, 5) is 9.00. The molecule has 0 saturated heterocycles. The van der Waals surface area contributed by atoms with Crippen LogP contribution in [0.5, 0.6) is 0 Å². The Morgan fingerprint density at radius 3 is 1.46 bits per heavy atom. The molecule has 0 saturated carbocycles. The molecular weight excluding hydrogens is 174 g/mol. The molecule has 0 amide bonds. The molecule has 0 bridgehead atoms. The number of aliphatic hydroxyl groups excluding tert-OH is 2. The summed E-state index contributed by atoms with van der Waals surface area (Å²) in [6, 6.07) is 0. The topological polar surface area (TPSA) is 104 Å². The number of hydrogen-bond acceptors (Lipinski definition) is 4. The van der Waals surface area contributed by atoms with Crippen LogP contribution in [0.25, 0.3) is 0 Å². The molecule has 0 aromatic carbocycles. The van der Waals surface area contributed by atoms with Crippen LogP contribution >= 0.6 is 0 Å². The first-order chi connectivity index (χ1) is 5.62. The third kappa shape index (κ3) is 7.70. The molecule has 5 N–H and O–H groups in total. The molecule has 0 rings (SSSR count). The Bertz CT molecular complexity index is 140. The van der Waals surface area contributed by atoms with Gasteiger partial charge in [0, 0.05) is 6.92 Å². The van der Waals surface area contributed by atoms with E-state index >= 15 is 0 Å². The summed E-state index contributed by atoms with van der Waals surface area (Å²) in [6.45, 7) is 5.82. The van der Waals surface area contributed by atoms with Crippen LogP contribution in [0.3, 0.4) is 0 Å². The fraction of sp³-hybridized carbons (Fsp3) is 0.875. The maximum atomic E-state index is 9.00. The first-order valence-electron chi connectivity index (χ1n) is 3.96. The largest absolute Gasteiger partial charge is 0.481 e. The van der Waals surface area contributed by atoms with Gasteiger partial charge in [-0.15, -0.1) is 0 Å². The van der Waals surface area contributed by atoms with Crippen LogP contribution < -0.4 is 5.73 Å². The molecule has 5 heteroatoms. The van der Waals surface area contributed by atoms with Crippen LogP contribution in [-0.4, -0.2) is 39.0 Å². The van der Waals surface area contributed by atoms with E-state index in [0.29, 0.717) is 0 Å². The zero-order valence-electron chi connectivity index (χ0n) is 8.48. The predicted molar refractivity (Wildman–Crippen MR) is 49.3 cm³/mol. The van der Waals surface area contributed by atoms with Gasteiger partial charge in [0.25, 0.3) is 5.97 Å². The van der Waals surface area contributed by atoms with Crippen molar-refractivity contribution in [3.63, 3.8) is 0 Å². The van der Waals surface area contributed by atoms with Crippen molar-refractivity contribution in [2.75, 3.05) is 0 Å². The maximum absolute atomic E-state index is 9.00. The van der Waals surface area contributed by atoms with E-state index in [1.807, 2.05) is 0 Å². The standard InChI is InChI=1S/C6H15NO2.C2H4O2/c1-4(8)6(3,7)5(2)9;1-2(3)4/h4-5,8-9H,7H2,1-3H3;1H3,(H,3,4). The van der Waals surface area contributed by atoms with Crippen molar-refractivity contribution in [3.8, 4) is 0 Å². The highest BCUT2D eigenvalue weighted by Gasteiger charge is 2.29. The lowest BCUT2D eigenvalue weighted by Gasteiger charge is -2.30. The van der Waals surface area contributed by atoms with E-state index in [9.17, 15) is 0 Å². The van der Waals surface area contributed by atoms with Gasteiger partial charge in [-0.2, -0.15) is 0 Å². The quantitative estimate of drug-likeness (QED) is 0.476. The van der Waals surface area contributed by atoms with E-state index in [0.717, 1.165) is 6.92 Å². The van der Waals surface area contributed by atoms with Crippen LogP contribution in [0, 0.1) is 0 Å². The summed E-state index contributed by atoms with van der Waals surface area (Å²) in [6.07, 6.45) is -1.37. The van der Waals surface area contributed by atoms with Gasteiger partial charge in [0.1, 0.15) is 0 Å². The van der Waals surface area contributed by atoms with Gasteiger partial charge in [-0.1, -0.05) is 0 Å². The van der Waals surface area contributed by atoms with Crippen molar-refractivity contribution in [3.05, 3.63) is 0 Å². The third-order valence-electron chi connectivity index (χ3n) is 1.80. The number of rotatable bonds is 2. The minimum Gasteiger partial charge on any atom is -0.481 e. The summed E-state index contributed by atoms with van der Waals surface area (Å²) in [7, 11) is 0. The van der Waals surface area contributed by atoms with Gasteiger partial charge < -0.3 is 21.1 Å². The Labute approximate surface area is 78.2 Å². The van der Waals surface area contributed by atoms with Crippen molar-refractivity contribution in [1.29, 1.82) is 0 Å². The van der Waals surface area contributed by atoms with E-state index in [2.05, 4.69) is 0 Å². The van der Waals surface area contributed by atoms with Crippen molar-refractivity contribution in [2.45, 2.75) is 45.4 Å². The average molecular weight is 193 g/mol. The summed E-state index contributed by atoms with van der Waals surface area (Å²) >= 11 is 0. The molecule has 0 aromatic heterocycles. The third-order valence-corrected chi connectivity index (χ3v) is 1.80. The molecule has 2 unspecified atom stereocenters. The molecule has 0 heterocycles. The van der Waals surface area contributed by atoms with Crippen LogP contribution in [-0.2, 0) is 4.79 Å². The van der Waals surface area contributed by atoms with Gasteiger partial charge in [-0.3, -0.25) is 4.79 Å². The minimum absolute atomic E-state index is 0.683. The molecule has 0 spiro atoms. The Hall–Kier alpha value is -0.650. The number of aliphatic hydroxyl groups is 2. The number of carbonyl (C=O) groups is 1. The summed E-state index contributed by atoms with van der Waals surface area (Å²) in [5, 5.41) is 25.3. The zero-order valence-corrected chi connectivity index (χ0v) is 8.48. The first kappa shape index (κ1) is 14.9. The minimum atomic E-state index is -0.889. The average Bonchev–Trinajstić information content (AvgIpc) is 1.85. The van der Waals surface area contributed by atoms with E-state index < -0.39 is 23.7 Å². The van der Waals surface area contributed by atoms with Crippen molar-refractivity contribution in [2.24, 2.45) is 5.73 Å². The molecule has 0 radical (unpaired) electrons. The van der Waals surface area contributed by atoms with Gasteiger partial charge in [-0.25, -0.2) is 0 Å². The lowest BCUT2D eigenvalue weighted by Crippen LogP contribution is -2.54. The molecule has 0 aliphatic rings. The second-order valence-corrected chi connectivity index (χ2v) is 3.24. The molecule has 13 heavy (non-hydrogen) atoms. The Kier molecular flexibility index (Phi) is 6.75. The van der Waals surface area contributed by atoms with Crippen molar-refractivity contribution in [1.82, 2.24) is 0 Å². The number of carboxylic acid groups (broad SMARTS) is 1. The van der Waals surface area contributed by atoms with Gasteiger partial charge in [0.15, 0.2) is 0 Å². The fourth-order valence-electron chi connectivity index (χ4n) is 0.349. The van der Waals surface area contributed by atoms with Gasteiger partial charge in [-0.05, 0) is 20.8 Å². The van der Waals surface area contributed by atoms with Crippen LogP contribution in [0.1, 0.15) is 27.7 Å². The number of carboxylic acids is 1. The normalized spacial score (nSPS) is 19.0. The van der Waals surface area contributed by atoms with Crippen molar-refractivity contribution >= 4 is 5.97 Å². The van der Waals surface area contributed by atoms with E-state index in [4.69, 9.17) is 25.8 Å². The Balaban J connectivity index is 0. The molecular formula is C8H19NO4. The Morgan fingerprint density at radius 1 is 1.31 bits per heavy atom. The van der Waals surface area contributed by atoms with Crippen LogP contribution in [0.15, 0.2) is 0 Å². The van der Waals surface area contributed by atoms with E-state index in [-0.39, 0.29) is 0 Å². The molecule has 0 aromatic rings. The van der Waals surface area contributed by atoms with Gasteiger partial charge >= 0.3 is 0 Å². The Morgan fingerprint density at radius 2 is 1.46 bits per heavy atom. The highest BCUT2D eigenvalue weighted by molar-refractivity contribution is 5.62. The molecule has 2 atom stereocenters. The number of hydrogen-bond donors (Lipinski definition) is 4. The van der Waals surface area contributed by atoms with Crippen molar-refractivity contribution < 1.29 is 20.1 Å². The molecule has 0 aliphatic carbocycles. The van der Waals surface area contributed by atoms with Crippen LogP contribution in [0.2, 0.25) is 0 Å². The zero-order chi connectivity index (χ0) is 11.2. The SMILES string of the molecule is CC(=O)O.CC(O)C(C)(N)C(C)O. The smallest absolute Gasteiger partial charge is 0.300 e.